The first-order chi connectivity index (χ1) is 12.0. The highest BCUT2D eigenvalue weighted by Gasteiger charge is 2.34. The third kappa shape index (κ3) is 3.85. The number of nitrogens with zero attached hydrogens (tertiary/aromatic N) is 1. The van der Waals surface area contributed by atoms with Crippen molar-refractivity contribution >= 4 is 35.0 Å². The van der Waals surface area contributed by atoms with Crippen molar-refractivity contribution in [2.24, 2.45) is 5.92 Å². The van der Waals surface area contributed by atoms with E-state index >= 15 is 0 Å². The number of hydrogen-bond donors (Lipinski definition) is 1. The van der Waals surface area contributed by atoms with Crippen molar-refractivity contribution in [1.82, 2.24) is 0 Å². The van der Waals surface area contributed by atoms with Crippen LogP contribution in [0.3, 0.4) is 0 Å². The number of rotatable bonds is 4. The Labute approximate surface area is 150 Å². The predicted molar refractivity (Wildman–Crippen MR) is 99.0 cm³/mol. The predicted octanol–water partition coefficient (Wildman–Crippen LogP) is 4.20. The van der Waals surface area contributed by atoms with Crippen LogP contribution < -0.4 is 10.2 Å². The van der Waals surface area contributed by atoms with Crippen molar-refractivity contribution < 1.29 is 14.0 Å². The number of anilines is 2. The largest absolute Gasteiger partial charge is 0.326 e. The minimum atomic E-state index is -0.329. The molecule has 1 N–H and O–H groups in total. The molecule has 0 bridgehead atoms. The van der Waals surface area contributed by atoms with E-state index in [1.54, 1.807) is 17.0 Å². The van der Waals surface area contributed by atoms with Gasteiger partial charge in [-0.3, -0.25) is 14.5 Å². The number of benzene rings is 2. The Morgan fingerprint density at radius 2 is 1.80 bits per heavy atom. The zero-order valence-electron chi connectivity index (χ0n) is 14.0. The van der Waals surface area contributed by atoms with Crippen LogP contribution in [0, 0.1) is 11.7 Å². The molecule has 0 saturated carbocycles. The maximum Gasteiger partial charge on any atom is 0.238 e. The van der Waals surface area contributed by atoms with Crippen molar-refractivity contribution in [2.45, 2.75) is 19.2 Å². The molecule has 1 aliphatic heterocycles. The number of carbonyl (C=O) groups excluding carboxylic acids is 2. The summed E-state index contributed by atoms with van der Waals surface area (Å²) < 4.78 is 13.2. The molecule has 1 heterocycles. The van der Waals surface area contributed by atoms with E-state index < -0.39 is 0 Å². The fourth-order valence-electron chi connectivity index (χ4n) is 2.57. The lowest BCUT2D eigenvalue weighted by Gasteiger charge is -2.24. The van der Waals surface area contributed by atoms with Crippen molar-refractivity contribution in [3.63, 3.8) is 0 Å². The second-order valence-electron chi connectivity index (χ2n) is 6.17. The summed E-state index contributed by atoms with van der Waals surface area (Å²) in [5, 5.41) is 2.69. The lowest BCUT2D eigenvalue weighted by molar-refractivity contribution is -0.119. The minimum absolute atomic E-state index is 0.00112. The summed E-state index contributed by atoms with van der Waals surface area (Å²) in [6.45, 7) is 3.68. The number of nitrogens with one attached hydrogen (secondary N) is 1. The summed E-state index contributed by atoms with van der Waals surface area (Å²) in [7, 11) is 0. The molecule has 2 aromatic rings. The first-order valence-electron chi connectivity index (χ1n) is 8.06. The molecule has 130 valence electrons. The van der Waals surface area contributed by atoms with Gasteiger partial charge in [0.05, 0.1) is 5.75 Å². The topological polar surface area (TPSA) is 49.4 Å². The number of carbonyl (C=O) groups is 2. The van der Waals surface area contributed by atoms with Crippen molar-refractivity contribution in [2.75, 3.05) is 16.0 Å². The fraction of sp³-hybridized carbons (Fsp3) is 0.263. The minimum Gasteiger partial charge on any atom is -0.326 e. The Hall–Kier alpha value is -2.34. The van der Waals surface area contributed by atoms with Gasteiger partial charge in [-0.1, -0.05) is 26.0 Å². The van der Waals surface area contributed by atoms with Gasteiger partial charge in [0, 0.05) is 17.3 Å². The van der Waals surface area contributed by atoms with E-state index in [0.29, 0.717) is 11.4 Å². The average Bonchev–Trinajstić information content (AvgIpc) is 2.98. The Morgan fingerprint density at radius 1 is 1.16 bits per heavy atom. The fourth-order valence-corrected chi connectivity index (χ4v) is 3.75. The molecule has 1 aliphatic rings. The van der Waals surface area contributed by atoms with Gasteiger partial charge in [-0.05, 0) is 42.0 Å². The first-order valence-corrected chi connectivity index (χ1v) is 9.10. The summed E-state index contributed by atoms with van der Waals surface area (Å²) in [6.07, 6.45) is 0. The van der Waals surface area contributed by atoms with Crippen LogP contribution in [-0.4, -0.2) is 17.6 Å². The van der Waals surface area contributed by atoms with Crippen LogP contribution in [0.25, 0.3) is 0 Å². The van der Waals surface area contributed by atoms with Crippen molar-refractivity contribution in [3.05, 3.63) is 59.9 Å². The van der Waals surface area contributed by atoms with Gasteiger partial charge in [-0.15, -0.1) is 11.8 Å². The second kappa shape index (κ2) is 7.27. The zero-order valence-corrected chi connectivity index (χ0v) is 14.8. The molecule has 1 atom stereocenters. The molecule has 1 saturated heterocycles. The monoisotopic (exact) mass is 358 g/mol. The third-order valence-electron chi connectivity index (χ3n) is 3.96. The third-order valence-corrected chi connectivity index (χ3v) is 5.17. The zero-order chi connectivity index (χ0) is 18.0. The molecule has 0 aromatic heterocycles. The molecule has 0 spiro atoms. The normalized spacial score (nSPS) is 17.2. The second-order valence-corrected chi connectivity index (χ2v) is 7.24. The van der Waals surface area contributed by atoms with Crippen molar-refractivity contribution in [1.29, 1.82) is 0 Å². The molecule has 0 radical (unpaired) electrons. The van der Waals surface area contributed by atoms with Crippen LogP contribution in [0.15, 0.2) is 48.5 Å². The Kier molecular flexibility index (Phi) is 5.08. The van der Waals surface area contributed by atoms with Gasteiger partial charge in [0.25, 0.3) is 0 Å². The SMILES string of the molecule is CC(C)C(=O)Nc1ccc(C2SCC(=O)N2c2ccc(F)cc2)cc1. The van der Waals surface area contributed by atoms with Crippen LogP contribution in [-0.2, 0) is 9.59 Å². The molecule has 2 amide bonds. The number of amides is 2. The molecule has 4 nitrogen and oxygen atoms in total. The molecule has 3 rings (SSSR count). The van der Waals surface area contributed by atoms with Gasteiger partial charge in [0.15, 0.2) is 0 Å². The van der Waals surface area contributed by atoms with Crippen LogP contribution in [0.2, 0.25) is 0 Å². The van der Waals surface area contributed by atoms with Gasteiger partial charge < -0.3 is 5.32 Å². The highest BCUT2D eigenvalue weighted by molar-refractivity contribution is 8.00. The Morgan fingerprint density at radius 3 is 2.40 bits per heavy atom. The smallest absolute Gasteiger partial charge is 0.238 e. The molecule has 25 heavy (non-hydrogen) atoms. The molecule has 6 heteroatoms. The average molecular weight is 358 g/mol. The maximum absolute atomic E-state index is 13.2. The van der Waals surface area contributed by atoms with Gasteiger partial charge in [-0.25, -0.2) is 4.39 Å². The molecular weight excluding hydrogens is 339 g/mol. The lowest BCUT2D eigenvalue weighted by Crippen LogP contribution is -2.27. The van der Waals surface area contributed by atoms with E-state index in [1.807, 2.05) is 38.1 Å². The summed E-state index contributed by atoms with van der Waals surface area (Å²) in [4.78, 5) is 25.7. The van der Waals surface area contributed by atoms with Crippen LogP contribution in [0.1, 0.15) is 24.8 Å². The van der Waals surface area contributed by atoms with E-state index in [2.05, 4.69) is 5.32 Å². The highest BCUT2D eigenvalue weighted by atomic mass is 32.2. The maximum atomic E-state index is 13.2. The van der Waals surface area contributed by atoms with Crippen molar-refractivity contribution in [3.8, 4) is 0 Å². The first kappa shape index (κ1) is 17.5. The highest BCUT2D eigenvalue weighted by Crippen LogP contribution is 2.41. The summed E-state index contributed by atoms with van der Waals surface area (Å²) in [5.41, 5.74) is 2.37. The summed E-state index contributed by atoms with van der Waals surface area (Å²) >= 11 is 1.53. The number of halogens is 1. The van der Waals surface area contributed by atoms with E-state index in [4.69, 9.17) is 0 Å². The van der Waals surface area contributed by atoms with Gasteiger partial charge in [0.2, 0.25) is 11.8 Å². The quantitative estimate of drug-likeness (QED) is 0.891. The Bertz CT molecular complexity index is 775. The molecule has 1 unspecified atom stereocenters. The van der Waals surface area contributed by atoms with Gasteiger partial charge in [-0.2, -0.15) is 0 Å². The Balaban J connectivity index is 1.81. The summed E-state index contributed by atoms with van der Waals surface area (Å²) in [5.74, 6) is -0.0696. The van der Waals surface area contributed by atoms with E-state index in [0.717, 1.165) is 11.3 Å². The van der Waals surface area contributed by atoms with E-state index in [1.165, 1.54) is 23.9 Å². The molecule has 2 aromatic carbocycles. The summed E-state index contributed by atoms with van der Waals surface area (Å²) in [6, 6.07) is 13.4. The van der Waals surface area contributed by atoms with E-state index in [9.17, 15) is 14.0 Å². The molecule has 0 aliphatic carbocycles. The van der Waals surface area contributed by atoms with Crippen LogP contribution >= 0.6 is 11.8 Å². The van der Waals surface area contributed by atoms with Gasteiger partial charge in [0.1, 0.15) is 11.2 Å². The molecule has 1 fully saturated rings. The number of hydrogen-bond acceptors (Lipinski definition) is 3. The molecular formula is C19H19FN2O2S. The van der Waals surface area contributed by atoms with Gasteiger partial charge >= 0.3 is 0 Å². The van der Waals surface area contributed by atoms with E-state index in [-0.39, 0.29) is 28.9 Å². The van der Waals surface area contributed by atoms with Crippen LogP contribution in [0.4, 0.5) is 15.8 Å². The lowest BCUT2D eigenvalue weighted by atomic mass is 10.1. The van der Waals surface area contributed by atoms with Crippen LogP contribution in [0.5, 0.6) is 0 Å². The number of thioether (sulfide) groups is 1. The standard InChI is InChI=1S/C19H19FN2O2S/c1-12(2)18(24)21-15-7-3-13(4-8-15)19-22(17(23)11-25-19)16-9-5-14(20)6-10-16/h3-10,12,19H,11H2,1-2H3,(H,21,24).